The van der Waals surface area contributed by atoms with Crippen LogP contribution in [0.3, 0.4) is 0 Å². The highest BCUT2D eigenvalue weighted by Crippen LogP contribution is 2.44. The van der Waals surface area contributed by atoms with Crippen LogP contribution in [-0.4, -0.2) is 32.8 Å². The molecule has 22 heavy (non-hydrogen) atoms. The minimum atomic E-state index is -0.783. The number of esters is 1. The van der Waals surface area contributed by atoms with Crippen LogP contribution in [0.5, 0.6) is 17.2 Å². The third kappa shape index (κ3) is 4.04. The first kappa shape index (κ1) is 16.4. The molecule has 2 rings (SSSR count). The summed E-state index contributed by atoms with van der Waals surface area (Å²) in [4.78, 5) is 11.5. The molecule has 1 aliphatic heterocycles. The van der Waals surface area contributed by atoms with Gasteiger partial charge in [0, 0.05) is 0 Å². The highest BCUT2D eigenvalue weighted by atomic mass is 16.9. The van der Waals surface area contributed by atoms with E-state index in [0.29, 0.717) is 36.4 Å². The molecule has 0 radical (unpaired) electrons. The van der Waals surface area contributed by atoms with E-state index in [-0.39, 0.29) is 12.4 Å². The average molecular weight is 310 g/mol. The molecule has 1 aromatic rings. The van der Waals surface area contributed by atoms with Crippen LogP contribution in [0.15, 0.2) is 12.1 Å². The van der Waals surface area contributed by atoms with Crippen molar-refractivity contribution >= 4 is 5.97 Å². The summed E-state index contributed by atoms with van der Waals surface area (Å²) in [6.07, 6.45) is 0.143. The average Bonchev–Trinajstić information content (AvgIpc) is 2.87. The number of rotatable bonds is 7. The first-order chi connectivity index (χ1) is 10.5. The van der Waals surface area contributed by atoms with Crippen molar-refractivity contribution in [2.45, 2.75) is 33.7 Å². The monoisotopic (exact) mass is 310 g/mol. The number of carbonyl (C=O) groups is 1. The summed E-state index contributed by atoms with van der Waals surface area (Å²) < 4.78 is 27.0. The van der Waals surface area contributed by atoms with Crippen LogP contribution in [-0.2, 0) is 20.7 Å². The quantitative estimate of drug-likeness (QED) is 0.721. The lowest BCUT2D eigenvalue weighted by Gasteiger charge is -2.12. The second kappa shape index (κ2) is 7.35. The van der Waals surface area contributed by atoms with E-state index in [1.807, 2.05) is 6.92 Å². The molecule has 122 valence electrons. The lowest BCUT2D eigenvalue weighted by atomic mass is 10.1. The molecule has 0 aromatic heterocycles. The van der Waals surface area contributed by atoms with Crippen LogP contribution in [0.1, 0.15) is 26.3 Å². The number of hydrogen-bond acceptors (Lipinski definition) is 6. The maximum Gasteiger partial charge on any atom is 0.361 e. The second-order valence-electron chi connectivity index (χ2n) is 5.36. The summed E-state index contributed by atoms with van der Waals surface area (Å²) in [5.74, 6) is 1.61. The summed E-state index contributed by atoms with van der Waals surface area (Å²) in [5, 5.41) is 0. The van der Waals surface area contributed by atoms with Gasteiger partial charge in [-0.3, -0.25) is 4.79 Å². The van der Waals surface area contributed by atoms with Crippen molar-refractivity contribution in [2.24, 2.45) is 5.92 Å². The molecule has 0 saturated heterocycles. The molecule has 0 spiro atoms. The zero-order valence-corrected chi connectivity index (χ0v) is 13.4. The Bertz CT molecular complexity index is 526. The molecule has 1 aliphatic rings. The summed E-state index contributed by atoms with van der Waals surface area (Å²) in [5.41, 5.74) is 0.741. The Hall–Kier alpha value is -1.95. The lowest BCUT2D eigenvalue weighted by molar-refractivity contribution is -0.173. The molecule has 0 N–H and O–H groups in total. The summed E-state index contributed by atoms with van der Waals surface area (Å²) in [6.45, 7) is 6.19. The molecule has 1 unspecified atom stereocenters. The van der Waals surface area contributed by atoms with E-state index < -0.39 is 6.48 Å². The van der Waals surface area contributed by atoms with Gasteiger partial charge in [0.1, 0.15) is 0 Å². The first-order valence-electron chi connectivity index (χ1n) is 7.35. The van der Waals surface area contributed by atoms with E-state index in [1.54, 1.807) is 12.1 Å². The molecule has 0 fully saturated rings. The number of fused-ring (bicyclic) bond motifs is 1. The fourth-order valence-corrected chi connectivity index (χ4v) is 1.97. The molecular weight excluding hydrogens is 288 g/mol. The first-order valence-corrected chi connectivity index (χ1v) is 7.35. The Morgan fingerprint density at radius 2 is 2.09 bits per heavy atom. The van der Waals surface area contributed by atoms with Crippen LogP contribution in [0.4, 0.5) is 0 Å². The van der Waals surface area contributed by atoms with E-state index in [4.69, 9.17) is 23.7 Å². The van der Waals surface area contributed by atoms with Gasteiger partial charge in [-0.1, -0.05) is 13.8 Å². The van der Waals surface area contributed by atoms with E-state index >= 15 is 0 Å². The molecule has 0 saturated carbocycles. The molecule has 0 bridgehead atoms. The van der Waals surface area contributed by atoms with Crippen molar-refractivity contribution in [3.05, 3.63) is 17.7 Å². The van der Waals surface area contributed by atoms with Crippen LogP contribution < -0.4 is 14.2 Å². The minimum absolute atomic E-state index is 0.143. The Labute approximate surface area is 130 Å². The van der Waals surface area contributed by atoms with Crippen molar-refractivity contribution in [3.8, 4) is 17.2 Å². The molecule has 1 heterocycles. The Kier molecular flexibility index (Phi) is 5.49. The zero-order chi connectivity index (χ0) is 16.1. The van der Waals surface area contributed by atoms with Crippen LogP contribution >= 0.6 is 0 Å². The highest BCUT2D eigenvalue weighted by Gasteiger charge is 2.29. The van der Waals surface area contributed by atoms with Gasteiger partial charge in [-0.05, 0) is 30.5 Å². The van der Waals surface area contributed by atoms with E-state index in [2.05, 4.69) is 13.8 Å². The van der Waals surface area contributed by atoms with E-state index in [0.717, 1.165) is 5.56 Å². The van der Waals surface area contributed by atoms with Gasteiger partial charge in [-0.25, -0.2) is 0 Å². The molecular formula is C16H22O6. The molecule has 6 nitrogen and oxygen atoms in total. The maximum atomic E-state index is 11.5. The summed E-state index contributed by atoms with van der Waals surface area (Å²) in [6, 6.07) is 3.52. The topological polar surface area (TPSA) is 63.2 Å². The largest absolute Gasteiger partial charge is 0.489 e. The maximum absolute atomic E-state index is 11.5. The van der Waals surface area contributed by atoms with Crippen molar-refractivity contribution in [1.29, 1.82) is 0 Å². The SMILES string of the molecule is CCOC1Oc2cc(CC(=O)OC)cc(OCC(C)C)c2O1. The smallest absolute Gasteiger partial charge is 0.361 e. The van der Waals surface area contributed by atoms with Crippen LogP contribution in [0, 0.1) is 5.92 Å². The third-order valence-electron chi connectivity index (χ3n) is 2.97. The molecule has 0 amide bonds. The van der Waals surface area contributed by atoms with Gasteiger partial charge in [-0.2, -0.15) is 0 Å². The standard InChI is InChI=1S/C16H22O6/c1-5-19-16-21-13-7-11(8-14(17)18-4)6-12(15(13)22-16)20-9-10(2)3/h6-7,10,16H,5,8-9H2,1-4H3. The number of ether oxygens (including phenoxy) is 5. The molecule has 6 heteroatoms. The third-order valence-corrected chi connectivity index (χ3v) is 2.97. The fourth-order valence-electron chi connectivity index (χ4n) is 1.97. The van der Waals surface area contributed by atoms with Gasteiger partial charge in [0.25, 0.3) is 0 Å². The van der Waals surface area contributed by atoms with E-state index in [9.17, 15) is 4.79 Å². The molecule has 0 aliphatic carbocycles. The summed E-state index contributed by atoms with van der Waals surface area (Å²) in [7, 11) is 1.36. The Balaban J connectivity index is 2.24. The fraction of sp³-hybridized carbons (Fsp3) is 0.562. The summed E-state index contributed by atoms with van der Waals surface area (Å²) >= 11 is 0. The number of carbonyl (C=O) groups excluding carboxylic acids is 1. The van der Waals surface area contributed by atoms with Crippen LogP contribution in [0.25, 0.3) is 0 Å². The second-order valence-corrected chi connectivity index (χ2v) is 5.36. The lowest BCUT2D eigenvalue weighted by Crippen LogP contribution is -2.21. The minimum Gasteiger partial charge on any atom is -0.489 e. The highest BCUT2D eigenvalue weighted by molar-refractivity contribution is 5.73. The zero-order valence-electron chi connectivity index (χ0n) is 13.4. The van der Waals surface area contributed by atoms with Crippen LogP contribution in [0.2, 0.25) is 0 Å². The van der Waals surface area contributed by atoms with Crippen molar-refractivity contribution in [1.82, 2.24) is 0 Å². The van der Waals surface area contributed by atoms with E-state index in [1.165, 1.54) is 7.11 Å². The Morgan fingerprint density at radius 3 is 2.73 bits per heavy atom. The predicted octanol–water partition coefficient (Wildman–Crippen LogP) is 2.53. The van der Waals surface area contributed by atoms with Gasteiger partial charge in [0.2, 0.25) is 5.75 Å². The molecule has 1 atom stereocenters. The van der Waals surface area contributed by atoms with Gasteiger partial charge in [0.05, 0.1) is 26.7 Å². The Morgan fingerprint density at radius 1 is 1.32 bits per heavy atom. The van der Waals surface area contributed by atoms with Crippen molar-refractivity contribution in [2.75, 3.05) is 20.3 Å². The van der Waals surface area contributed by atoms with Gasteiger partial charge >= 0.3 is 12.4 Å². The normalized spacial score (nSPS) is 16.0. The van der Waals surface area contributed by atoms with Crippen molar-refractivity contribution in [3.63, 3.8) is 0 Å². The van der Waals surface area contributed by atoms with Gasteiger partial charge in [-0.15, -0.1) is 0 Å². The number of benzene rings is 1. The number of hydrogen-bond donors (Lipinski definition) is 0. The molecule has 1 aromatic carbocycles. The number of methoxy groups -OCH3 is 1. The van der Waals surface area contributed by atoms with Gasteiger partial charge in [0.15, 0.2) is 11.5 Å². The van der Waals surface area contributed by atoms with Crippen molar-refractivity contribution < 1.29 is 28.5 Å². The van der Waals surface area contributed by atoms with Gasteiger partial charge < -0.3 is 23.7 Å². The predicted molar refractivity (Wildman–Crippen MR) is 79.2 cm³/mol.